The van der Waals surface area contributed by atoms with Crippen molar-refractivity contribution >= 4 is 11.6 Å². The Kier molecular flexibility index (Phi) is 7.13. The number of rotatable bonds is 5. The number of epoxide rings is 1. The van der Waals surface area contributed by atoms with Gasteiger partial charge in [0.1, 0.15) is 12.2 Å². The number of hydrogen-bond donors (Lipinski definition) is 1. The normalized spacial score (nSPS) is 23.0. The van der Waals surface area contributed by atoms with Crippen LogP contribution in [0.15, 0.2) is 0 Å². The molecule has 1 aliphatic heterocycles. The quantitative estimate of drug-likeness (QED) is 0.354. The highest BCUT2D eigenvalue weighted by Gasteiger charge is 2.43. The molecule has 0 aromatic carbocycles. The molecule has 2 nitrogen and oxygen atoms in total. The standard InChI is InChI=1S/C14H19ClO2/c1-2-3-4-5-6-7-10-13-14(17-13)12(16)9-8-11-15/h12-14,16H,2-5,10-11H2,1H3/t12?,13-,14-/m1/s1. The minimum atomic E-state index is -0.722. The first kappa shape index (κ1) is 14.4. The van der Waals surface area contributed by atoms with Gasteiger partial charge in [0.15, 0.2) is 0 Å². The van der Waals surface area contributed by atoms with Crippen LogP contribution in [-0.4, -0.2) is 29.3 Å². The molecule has 94 valence electrons. The van der Waals surface area contributed by atoms with Gasteiger partial charge < -0.3 is 9.84 Å². The summed E-state index contributed by atoms with van der Waals surface area (Å²) in [5, 5.41) is 9.56. The molecule has 0 spiro atoms. The molecule has 3 atom stereocenters. The SMILES string of the molecule is CCCCCC#CC[C@H]1O[C@@H]1C(O)C#CCCl. The molecule has 1 unspecified atom stereocenters. The van der Waals surface area contributed by atoms with Gasteiger partial charge in [0.2, 0.25) is 0 Å². The molecule has 3 heteroatoms. The second kappa shape index (κ2) is 8.43. The van der Waals surface area contributed by atoms with Crippen molar-refractivity contribution < 1.29 is 9.84 Å². The number of halogens is 1. The maximum absolute atomic E-state index is 9.56. The Morgan fingerprint density at radius 2 is 2.12 bits per heavy atom. The number of alkyl halides is 1. The summed E-state index contributed by atoms with van der Waals surface area (Å²) < 4.78 is 5.31. The molecular weight excluding hydrogens is 236 g/mol. The highest BCUT2D eigenvalue weighted by Crippen LogP contribution is 2.27. The average Bonchev–Trinajstić information content (AvgIpc) is 3.10. The molecule has 0 aromatic heterocycles. The van der Waals surface area contributed by atoms with Crippen molar-refractivity contribution in [1.29, 1.82) is 0 Å². The highest BCUT2D eigenvalue weighted by molar-refractivity contribution is 6.19. The molecule has 1 rings (SSSR count). The van der Waals surface area contributed by atoms with E-state index in [-0.39, 0.29) is 18.1 Å². The Bertz CT molecular complexity index is 332. The summed E-state index contributed by atoms with van der Waals surface area (Å²) in [5.41, 5.74) is 0. The lowest BCUT2D eigenvalue weighted by molar-refractivity contribution is 0.185. The zero-order chi connectivity index (χ0) is 12.5. The van der Waals surface area contributed by atoms with Gasteiger partial charge in [-0.25, -0.2) is 0 Å². The predicted molar refractivity (Wildman–Crippen MR) is 69.7 cm³/mol. The fourth-order valence-corrected chi connectivity index (χ4v) is 1.63. The topological polar surface area (TPSA) is 32.8 Å². The van der Waals surface area contributed by atoms with Crippen LogP contribution in [0.5, 0.6) is 0 Å². The molecule has 1 fully saturated rings. The maximum atomic E-state index is 9.56. The van der Waals surface area contributed by atoms with E-state index in [0.29, 0.717) is 6.42 Å². The lowest BCUT2D eigenvalue weighted by Crippen LogP contribution is -2.14. The molecule has 1 saturated heterocycles. The summed E-state index contributed by atoms with van der Waals surface area (Å²) >= 11 is 5.40. The van der Waals surface area contributed by atoms with Crippen molar-refractivity contribution in [3.8, 4) is 23.7 Å². The molecule has 1 aliphatic rings. The average molecular weight is 255 g/mol. The van der Waals surface area contributed by atoms with E-state index < -0.39 is 6.10 Å². The van der Waals surface area contributed by atoms with E-state index in [1.807, 2.05) is 0 Å². The number of ether oxygens (including phenoxy) is 1. The monoisotopic (exact) mass is 254 g/mol. The summed E-state index contributed by atoms with van der Waals surface area (Å²) in [6.07, 6.45) is 4.44. The molecule has 1 N–H and O–H groups in total. The van der Waals surface area contributed by atoms with Crippen molar-refractivity contribution in [2.75, 3.05) is 5.88 Å². The van der Waals surface area contributed by atoms with Gasteiger partial charge in [-0.1, -0.05) is 31.6 Å². The lowest BCUT2D eigenvalue weighted by Gasteiger charge is -1.94. The highest BCUT2D eigenvalue weighted by atomic mass is 35.5. The molecule has 0 aromatic rings. The third-order valence-electron chi connectivity index (χ3n) is 2.58. The smallest absolute Gasteiger partial charge is 0.143 e. The van der Waals surface area contributed by atoms with Crippen LogP contribution in [-0.2, 0) is 4.74 Å². The van der Waals surface area contributed by atoms with E-state index in [4.69, 9.17) is 16.3 Å². The van der Waals surface area contributed by atoms with Crippen molar-refractivity contribution in [1.82, 2.24) is 0 Å². The Morgan fingerprint density at radius 1 is 1.29 bits per heavy atom. The zero-order valence-electron chi connectivity index (χ0n) is 10.2. The lowest BCUT2D eigenvalue weighted by atomic mass is 10.1. The third kappa shape index (κ3) is 5.99. The summed E-state index contributed by atoms with van der Waals surface area (Å²) in [7, 11) is 0. The molecule has 0 radical (unpaired) electrons. The van der Waals surface area contributed by atoms with Crippen LogP contribution in [0.2, 0.25) is 0 Å². The van der Waals surface area contributed by atoms with E-state index in [1.54, 1.807) is 0 Å². The van der Waals surface area contributed by atoms with E-state index in [2.05, 4.69) is 30.6 Å². The molecule has 0 bridgehead atoms. The van der Waals surface area contributed by atoms with Gasteiger partial charge in [0.25, 0.3) is 0 Å². The van der Waals surface area contributed by atoms with Gasteiger partial charge in [-0.05, 0) is 6.42 Å². The van der Waals surface area contributed by atoms with Crippen molar-refractivity contribution in [2.24, 2.45) is 0 Å². The van der Waals surface area contributed by atoms with Gasteiger partial charge in [0.05, 0.1) is 12.0 Å². The van der Waals surface area contributed by atoms with E-state index in [1.165, 1.54) is 19.3 Å². The molecular formula is C14H19ClO2. The Labute approximate surface area is 109 Å². The Balaban J connectivity index is 2.11. The first-order valence-corrected chi connectivity index (χ1v) is 6.66. The van der Waals surface area contributed by atoms with Crippen LogP contribution in [0, 0.1) is 23.7 Å². The molecule has 0 amide bonds. The Morgan fingerprint density at radius 3 is 2.82 bits per heavy atom. The van der Waals surface area contributed by atoms with Crippen LogP contribution >= 0.6 is 11.6 Å². The summed E-state index contributed by atoms with van der Waals surface area (Å²) in [6, 6.07) is 0. The predicted octanol–water partition coefficient (Wildman–Crippen LogP) is 2.33. The van der Waals surface area contributed by atoms with Crippen LogP contribution in [0.4, 0.5) is 0 Å². The van der Waals surface area contributed by atoms with Gasteiger partial charge in [-0.3, -0.25) is 0 Å². The van der Waals surface area contributed by atoms with Crippen molar-refractivity contribution in [3.63, 3.8) is 0 Å². The summed E-state index contributed by atoms with van der Waals surface area (Å²) in [6.45, 7) is 2.18. The second-order valence-electron chi connectivity index (χ2n) is 4.05. The van der Waals surface area contributed by atoms with Crippen molar-refractivity contribution in [2.45, 2.75) is 57.3 Å². The van der Waals surface area contributed by atoms with Gasteiger partial charge in [-0.15, -0.1) is 23.4 Å². The third-order valence-corrected chi connectivity index (χ3v) is 2.72. The second-order valence-corrected chi connectivity index (χ2v) is 4.32. The minimum absolute atomic E-state index is 0.0494. The van der Waals surface area contributed by atoms with Crippen LogP contribution in [0.25, 0.3) is 0 Å². The van der Waals surface area contributed by atoms with Crippen molar-refractivity contribution in [3.05, 3.63) is 0 Å². The number of aliphatic hydroxyl groups excluding tert-OH is 1. The van der Waals surface area contributed by atoms with E-state index >= 15 is 0 Å². The van der Waals surface area contributed by atoms with Crippen LogP contribution < -0.4 is 0 Å². The molecule has 0 saturated carbocycles. The Hall–Kier alpha value is -0.670. The molecule has 1 heterocycles. The summed E-state index contributed by atoms with van der Waals surface area (Å²) in [5.74, 6) is 11.7. The minimum Gasteiger partial charge on any atom is -0.378 e. The number of unbranched alkanes of at least 4 members (excludes halogenated alkanes) is 3. The maximum Gasteiger partial charge on any atom is 0.143 e. The number of hydrogen-bond acceptors (Lipinski definition) is 2. The van der Waals surface area contributed by atoms with E-state index in [0.717, 1.165) is 6.42 Å². The fourth-order valence-electron chi connectivity index (χ4n) is 1.55. The molecule has 17 heavy (non-hydrogen) atoms. The first-order valence-electron chi connectivity index (χ1n) is 6.13. The van der Waals surface area contributed by atoms with Gasteiger partial charge >= 0.3 is 0 Å². The zero-order valence-corrected chi connectivity index (χ0v) is 11.0. The summed E-state index contributed by atoms with van der Waals surface area (Å²) in [4.78, 5) is 0. The first-order chi connectivity index (χ1) is 8.29. The fraction of sp³-hybridized carbons (Fsp3) is 0.714. The number of aliphatic hydroxyl groups is 1. The van der Waals surface area contributed by atoms with Gasteiger partial charge in [-0.2, -0.15) is 0 Å². The molecule has 0 aliphatic carbocycles. The van der Waals surface area contributed by atoms with Crippen LogP contribution in [0.3, 0.4) is 0 Å². The van der Waals surface area contributed by atoms with Crippen LogP contribution in [0.1, 0.15) is 39.0 Å². The van der Waals surface area contributed by atoms with E-state index in [9.17, 15) is 5.11 Å². The van der Waals surface area contributed by atoms with Gasteiger partial charge in [0, 0.05) is 12.8 Å². The largest absolute Gasteiger partial charge is 0.378 e.